The molecule has 1 aromatic heterocycles. The summed E-state index contributed by atoms with van der Waals surface area (Å²) in [6.45, 7) is -2.61. The van der Waals surface area contributed by atoms with Gasteiger partial charge in [-0.25, -0.2) is 4.98 Å². The highest BCUT2D eigenvalue weighted by atomic mass is 19.3. The van der Waals surface area contributed by atoms with Gasteiger partial charge in [0.15, 0.2) is 0 Å². The third-order valence-electron chi connectivity index (χ3n) is 6.50. The summed E-state index contributed by atoms with van der Waals surface area (Å²) in [7, 11) is 3.28. The van der Waals surface area contributed by atoms with E-state index < -0.39 is 12.0 Å². The molecule has 1 heterocycles. The van der Waals surface area contributed by atoms with E-state index in [4.69, 9.17) is 4.74 Å². The average molecular weight is 389 g/mol. The molecule has 0 aliphatic heterocycles. The largest absolute Gasteiger partial charge is 0.497 e. The van der Waals surface area contributed by atoms with Crippen LogP contribution in [0, 0.1) is 5.41 Å². The highest BCUT2D eigenvalue weighted by molar-refractivity contribution is 5.89. The number of halogens is 2. The number of aromatic nitrogens is 2. The van der Waals surface area contributed by atoms with Gasteiger partial charge in [-0.1, -0.05) is 18.6 Å². The van der Waals surface area contributed by atoms with Gasteiger partial charge in [-0.3, -0.25) is 9.36 Å². The van der Waals surface area contributed by atoms with Crippen LogP contribution >= 0.6 is 0 Å². The maximum Gasteiger partial charge on any atom is 0.319 e. The van der Waals surface area contributed by atoms with Crippen LogP contribution in [-0.2, 0) is 16.8 Å². The molecule has 2 aliphatic carbocycles. The van der Waals surface area contributed by atoms with Gasteiger partial charge in [0.2, 0.25) is 5.91 Å². The first-order valence-corrected chi connectivity index (χ1v) is 9.59. The number of likely N-dealkylation sites (N-methyl/N-ethyl adjacent to an activating group) is 1. The van der Waals surface area contributed by atoms with Crippen LogP contribution in [0.5, 0.6) is 5.75 Å². The summed E-state index contributed by atoms with van der Waals surface area (Å²) < 4.78 is 32.3. The quantitative estimate of drug-likeness (QED) is 0.746. The number of imidazole rings is 1. The number of benzene rings is 1. The number of carbonyl (C=O) groups excluding carboxylic acids is 1. The number of hydrogen-bond acceptors (Lipinski definition) is 3. The van der Waals surface area contributed by atoms with E-state index in [0.717, 1.165) is 41.6 Å². The molecule has 0 atom stereocenters. The summed E-state index contributed by atoms with van der Waals surface area (Å²) in [6.07, 6.45) is 7.76. The lowest BCUT2D eigenvalue weighted by Crippen LogP contribution is -2.60. The Morgan fingerprint density at radius 2 is 1.96 bits per heavy atom. The number of methoxy groups -OCH3 is 1. The first-order chi connectivity index (χ1) is 13.4. The van der Waals surface area contributed by atoms with Crippen molar-refractivity contribution in [3.8, 4) is 5.75 Å². The van der Waals surface area contributed by atoms with Crippen LogP contribution < -0.4 is 4.74 Å². The molecule has 2 saturated carbocycles. The van der Waals surface area contributed by atoms with Crippen molar-refractivity contribution in [3.05, 3.63) is 48.0 Å². The number of rotatable bonds is 6. The summed E-state index contributed by atoms with van der Waals surface area (Å²) in [6, 6.07) is 7.66. The normalized spacial score (nSPS) is 19.2. The Morgan fingerprint density at radius 3 is 2.50 bits per heavy atom. The first kappa shape index (κ1) is 18.9. The summed E-state index contributed by atoms with van der Waals surface area (Å²) in [5, 5.41) is 0. The average Bonchev–Trinajstić information content (AvgIpc) is 3.08. The van der Waals surface area contributed by atoms with Gasteiger partial charge >= 0.3 is 6.55 Å². The lowest BCUT2D eigenvalue weighted by Gasteiger charge is -2.61. The van der Waals surface area contributed by atoms with E-state index in [-0.39, 0.29) is 23.7 Å². The maximum absolute atomic E-state index is 13.5. The van der Waals surface area contributed by atoms with E-state index in [2.05, 4.69) is 4.98 Å². The Bertz CT molecular complexity index is 851. The second kappa shape index (κ2) is 6.87. The Hall–Kier alpha value is -2.44. The Morgan fingerprint density at radius 1 is 1.29 bits per heavy atom. The van der Waals surface area contributed by atoms with Crippen molar-refractivity contribution in [2.75, 3.05) is 14.2 Å². The summed E-state index contributed by atoms with van der Waals surface area (Å²) >= 11 is 0. The zero-order valence-electron chi connectivity index (χ0n) is 16.2. The zero-order valence-corrected chi connectivity index (χ0v) is 16.2. The van der Waals surface area contributed by atoms with Gasteiger partial charge in [0.25, 0.3) is 0 Å². The molecular weight excluding hydrogens is 364 g/mol. The number of ether oxygens (including phenoxy) is 1. The molecule has 1 spiro atoms. The van der Waals surface area contributed by atoms with Crippen molar-refractivity contribution in [3.63, 3.8) is 0 Å². The molecule has 0 bridgehead atoms. The van der Waals surface area contributed by atoms with Gasteiger partial charge < -0.3 is 9.64 Å². The van der Waals surface area contributed by atoms with Crippen LogP contribution in [0.4, 0.5) is 8.78 Å². The molecule has 2 aliphatic rings. The van der Waals surface area contributed by atoms with E-state index in [1.807, 2.05) is 24.3 Å². The van der Waals surface area contributed by atoms with Crippen molar-refractivity contribution in [1.82, 2.24) is 14.5 Å². The molecule has 7 heteroatoms. The Kier molecular flexibility index (Phi) is 4.63. The fraction of sp³-hybridized carbons (Fsp3) is 0.524. The number of hydrogen-bond donors (Lipinski definition) is 0. The van der Waals surface area contributed by atoms with Crippen molar-refractivity contribution in [2.45, 2.75) is 50.6 Å². The molecule has 1 amide bonds. The van der Waals surface area contributed by atoms with E-state index in [1.54, 1.807) is 14.2 Å². The molecule has 2 fully saturated rings. The predicted octanol–water partition coefficient (Wildman–Crippen LogP) is 4.15. The molecule has 0 radical (unpaired) electrons. The monoisotopic (exact) mass is 389 g/mol. The molecular formula is C21H25F2N3O2. The van der Waals surface area contributed by atoms with Crippen molar-refractivity contribution in [2.24, 2.45) is 5.41 Å². The SMILES string of the molecule is COc1ccc(C2(C(=O)N(C)Cc3nccn3C(F)F)CC3(CCC3)C2)cc1. The van der Waals surface area contributed by atoms with Crippen LogP contribution in [0.1, 0.15) is 50.0 Å². The van der Waals surface area contributed by atoms with Gasteiger partial charge in [0, 0.05) is 19.4 Å². The summed E-state index contributed by atoms with van der Waals surface area (Å²) in [5.41, 5.74) is 0.654. The molecule has 28 heavy (non-hydrogen) atoms. The molecule has 0 N–H and O–H groups in total. The smallest absolute Gasteiger partial charge is 0.319 e. The van der Waals surface area contributed by atoms with Gasteiger partial charge in [-0.2, -0.15) is 8.78 Å². The number of carbonyl (C=O) groups is 1. The minimum Gasteiger partial charge on any atom is -0.497 e. The third kappa shape index (κ3) is 2.97. The standard InChI is InChI=1S/C21H25F2N3O2/c1-25(12-17-24-10-11-26(17)19(22)23)18(27)21(13-20(14-21)8-3-9-20)15-4-6-16(28-2)7-5-15/h4-7,10-11,19H,3,8-9,12-14H2,1-2H3. The maximum atomic E-state index is 13.5. The van der Waals surface area contributed by atoms with Gasteiger partial charge in [0.1, 0.15) is 11.6 Å². The van der Waals surface area contributed by atoms with Crippen molar-refractivity contribution >= 4 is 5.91 Å². The Labute approximate surface area is 163 Å². The molecule has 4 rings (SSSR count). The highest BCUT2D eigenvalue weighted by Gasteiger charge is 2.61. The fourth-order valence-corrected chi connectivity index (χ4v) is 4.94. The molecule has 2 aromatic rings. The fourth-order valence-electron chi connectivity index (χ4n) is 4.94. The topological polar surface area (TPSA) is 47.4 Å². The zero-order chi connectivity index (χ0) is 19.9. The summed E-state index contributed by atoms with van der Waals surface area (Å²) in [4.78, 5) is 19.1. The van der Waals surface area contributed by atoms with Gasteiger partial charge in [0.05, 0.1) is 19.1 Å². The van der Waals surface area contributed by atoms with Crippen LogP contribution in [0.3, 0.4) is 0 Å². The highest BCUT2D eigenvalue weighted by Crippen LogP contribution is 2.65. The van der Waals surface area contributed by atoms with E-state index >= 15 is 0 Å². The lowest BCUT2D eigenvalue weighted by atomic mass is 9.43. The second-order valence-corrected chi connectivity index (χ2v) is 8.21. The molecule has 5 nitrogen and oxygen atoms in total. The molecule has 0 unspecified atom stereocenters. The van der Waals surface area contributed by atoms with E-state index in [1.165, 1.54) is 23.7 Å². The molecule has 150 valence electrons. The Balaban J connectivity index is 1.59. The third-order valence-corrected chi connectivity index (χ3v) is 6.50. The van der Waals surface area contributed by atoms with E-state index in [9.17, 15) is 13.6 Å². The number of nitrogens with zero attached hydrogens (tertiary/aromatic N) is 3. The minimum atomic E-state index is -2.67. The summed E-state index contributed by atoms with van der Waals surface area (Å²) in [5.74, 6) is 0.906. The number of amides is 1. The van der Waals surface area contributed by atoms with Gasteiger partial charge in [-0.05, 0) is 48.8 Å². The van der Waals surface area contributed by atoms with Crippen molar-refractivity contribution < 1.29 is 18.3 Å². The number of alkyl halides is 2. The van der Waals surface area contributed by atoms with Gasteiger partial charge in [-0.15, -0.1) is 0 Å². The molecule has 1 aromatic carbocycles. The first-order valence-electron chi connectivity index (χ1n) is 9.59. The minimum absolute atomic E-state index is 0.0287. The van der Waals surface area contributed by atoms with E-state index in [0.29, 0.717) is 0 Å². The lowest BCUT2D eigenvalue weighted by molar-refractivity contribution is -0.152. The van der Waals surface area contributed by atoms with Crippen LogP contribution in [0.2, 0.25) is 0 Å². The van der Waals surface area contributed by atoms with Crippen LogP contribution in [0.25, 0.3) is 0 Å². The van der Waals surface area contributed by atoms with Crippen LogP contribution in [0.15, 0.2) is 36.7 Å². The van der Waals surface area contributed by atoms with Crippen LogP contribution in [-0.4, -0.2) is 34.5 Å². The predicted molar refractivity (Wildman–Crippen MR) is 100 cm³/mol. The molecule has 0 saturated heterocycles. The second-order valence-electron chi connectivity index (χ2n) is 8.21. The van der Waals surface area contributed by atoms with Crippen molar-refractivity contribution in [1.29, 1.82) is 0 Å².